The first-order valence-corrected chi connectivity index (χ1v) is 11.4. The third kappa shape index (κ3) is 4.55. The van der Waals surface area contributed by atoms with Gasteiger partial charge in [0.15, 0.2) is 6.04 Å². The Morgan fingerprint density at radius 2 is 1.41 bits per heavy atom. The second kappa shape index (κ2) is 9.75. The zero-order chi connectivity index (χ0) is 21.6. The summed E-state index contributed by atoms with van der Waals surface area (Å²) in [7, 11) is 0. The van der Waals surface area contributed by atoms with Crippen molar-refractivity contribution in [3.63, 3.8) is 0 Å². The number of anilines is 1. The lowest BCUT2D eigenvalue weighted by molar-refractivity contribution is -0.927. The summed E-state index contributed by atoms with van der Waals surface area (Å²) in [5.74, 6) is 0.954. The number of nitrogens with one attached hydrogen (secondary N) is 1. The van der Waals surface area contributed by atoms with Gasteiger partial charge < -0.3 is 9.80 Å². The highest BCUT2D eigenvalue weighted by Crippen LogP contribution is 2.19. The number of rotatable bonds is 7. The topological polar surface area (TPSA) is 51.3 Å². The van der Waals surface area contributed by atoms with E-state index in [1.165, 1.54) is 21.7 Å². The minimum atomic E-state index is 0.125. The van der Waals surface area contributed by atoms with Crippen molar-refractivity contribution >= 4 is 5.69 Å². The van der Waals surface area contributed by atoms with Crippen LogP contribution in [0.1, 0.15) is 23.0 Å². The molecule has 3 aromatic carbocycles. The van der Waals surface area contributed by atoms with Crippen molar-refractivity contribution in [2.45, 2.75) is 19.0 Å². The molecule has 0 unspecified atom stereocenters. The van der Waals surface area contributed by atoms with Crippen LogP contribution in [-0.2, 0) is 13.0 Å². The maximum absolute atomic E-state index is 4.52. The van der Waals surface area contributed by atoms with Crippen molar-refractivity contribution in [3.05, 3.63) is 108 Å². The van der Waals surface area contributed by atoms with Crippen molar-refractivity contribution in [2.75, 3.05) is 31.1 Å². The largest absolute Gasteiger partial charge is 0.360 e. The fourth-order valence-electron chi connectivity index (χ4n) is 4.65. The lowest BCUT2D eigenvalue weighted by Gasteiger charge is -2.37. The molecule has 1 aromatic heterocycles. The SMILES string of the molecule is c1ccc(CCn2nnnc2[C@H](c2ccccc2)[NH+]2CCN(c3ccccc3)CC2)cc1. The van der Waals surface area contributed by atoms with Crippen LogP contribution in [0.15, 0.2) is 91.0 Å². The number of hydrogen-bond donors (Lipinski definition) is 1. The van der Waals surface area contributed by atoms with E-state index in [1.54, 1.807) is 0 Å². The van der Waals surface area contributed by atoms with E-state index in [4.69, 9.17) is 0 Å². The Balaban J connectivity index is 1.37. The molecule has 0 aliphatic carbocycles. The lowest BCUT2D eigenvalue weighted by Crippen LogP contribution is -3.15. The highest BCUT2D eigenvalue weighted by molar-refractivity contribution is 5.46. The van der Waals surface area contributed by atoms with Gasteiger partial charge in [0.2, 0.25) is 5.82 Å². The molecule has 1 fully saturated rings. The number of aryl methyl sites for hydroxylation is 2. The summed E-state index contributed by atoms with van der Waals surface area (Å²) in [6.45, 7) is 4.90. The van der Waals surface area contributed by atoms with Crippen LogP contribution in [0.2, 0.25) is 0 Å². The third-order valence-electron chi connectivity index (χ3n) is 6.34. The Bertz CT molecular complexity index is 1090. The molecule has 162 valence electrons. The van der Waals surface area contributed by atoms with E-state index in [2.05, 4.69) is 111 Å². The fraction of sp³-hybridized carbons (Fsp3) is 0.269. The Morgan fingerprint density at radius 3 is 2.09 bits per heavy atom. The minimum Gasteiger partial charge on any atom is -0.360 e. The second-order valence-electron chi connectivity index (χ2n) is 8.32. The number of hydrogen-bond acceptors (Lipinski definition) is 4. The molecule has 1 aliphatic rings. The van der Waals surface area contributed by atoms with Gasteiger partial charge in [-0.25, -0.2) is 4.68 Å². The molecular weight excluding hydrogens is 396 g/mol. The van der Waals surface area contributed by atoms with Gasteiger partial charge in [-0.15, -0.1) is 5.10 Å². The van der Waals surface area contributed by atoms with Gasteiger partial charge in [-0.2, -0.15) is 0 Å². The number of tetrazole rings is 1. The molecule has 1 aliphatic heterocycles. The van der Waals surface area contributed by atoms with Crippen LogP contribution in [0.5, 0.6) is 0 Å². The Kier molecular flexibility index (Phi) is 6.21. The first-order chi connectivity index (χ1) is 15.9. The van der Waals surface area contributed by atoms with Crippen molar-refractivity contribution in [3.8, 4) is 0 Å². The molecule has 32 heavy (non-hydrogen) atoms. The Morgan fingerprint density at radius 1 is 0.781 bits per heavy atom. The summed E-state index contributed by atoms with van der Waals surface area (Å²) >= 11 is 0. The van der Waals surface area contributed by atoms with E-state index < -0.39 is 0 Å². The second-order valence-corrected chi connectivity index (χ2v) is 8.32. The van der Waals surface area contributed by atoms with E-state index >= 15 is 0 Å². The smallest absolute Gasteiger partial charge is 0.214 e. The number of para-hydroxylation sites is 1. The standard InChI is InChI=1S/C26H28N6/c1-4-10-22(11-5-1)16-17-32-26(27-28-29-32)25(23-12-6-2-7-13-23)31-20-18-30(19-21-31)24-14-8-3-9-15-24/h1-15,25H,16-21H2/p+1/t25-/m0/s1. The summed E-state index contributed by atoms with van der Waals surface area (Å²) in [6.07, 6.45) is 0.914. The molecule has 0 amide bonds. The molecule has 0 radical (unpaired) electrons. The van der Waals surface area contributed by atoms with Gasteiger partial charge in [0, 0.05) is 17.8 Å². The predicted molar refractivity (Wildman–Crippen MR) is 126 cm³/mol. The van der Waals surface area contributed by atoms with Crippen LogP contribution < -0.4 is 9.80 Å². The van der Waals surface area contributed by atoms with Gasteiger partial charge in [-0.3, -0.25) is 0 Å². The average molecular weight is 426 g/mol. The first-order valence-electron chi connectivity index (χ1n) is 11.4. The molecule has 4 aromatic rings. The van der Waals surface area contributed by atoms with Crippen LogP contribution in [0.25, 0.3) is 0 Å². The van der Waals surface area contributed by atoms with E-state index in [0.29, 0.717) is 0 Å². The Labute approximate surface area is 189 Å². The monoisotopic (exact) mass is 425 g/mol. The van der Waals surface area contributed by atoms with E-state index in [9.17, 15) is 0 Å². The van der Waals surface area contributed by atoms with E-state index in [1.807, 2.05) is 4.68 Å². The summed E-state index contributed by atoms with van der Waals surface area (Å²) < 4.78 is 2.00. The van der Waals surface area contributed by atoms with Crippen LogP contribution >= 0.6 is 0 Å². The first kappa shape index (κ1) is 20.4. The Hall–Kier alpha value is -3.51. The molecule has 0 spiro atoms. The van der Waals surface area contributed by atoms with Crippen LogP contribution in [0.3, 0.4) is 0 Å². The molecule has 6 nitrogen and oxygen atoms in total. The molecule has 1 atom stereocenters. The van der Waals surface area contributed by atoms with Crippen molar-refractivity contribution < 1.29 is 4.90 Å². The molecule has 1 saturated heterocycles. The van der Waals surface area contributed by atoms with E-state index in [0.717, 1.165) is 45.0 Å². The third-order valence-corrected chi connectivity index (χ3v) is 6.34. The van der Waals surface area contributed by atoms with Crippen LogP contribution in [0, 0.1) is 0 Å². The molecule has 6 heteroatoms. The van der Waals surface area contributed by atoms with Crippen LogP contribution in [0.4, 0.5) is 5.69 Å². The highest BCUT2D eigenvalue weighted by atomic mass is 15.6. The molecule has 0 bridgehead atoms. The number of nitrogens with zero attached hydrogens (tertiary/aromatic N) is 5. The number of benzene rings is 3. The molecular formula is C26H29N6+. The fourth-order valence-corrected chi connectivity index (χ4v) is 4.65. The average Bonchev–Trinajstić information content (AvgIpc) is 3.33. The molecule has 5 rings (SSSR count). The highest BCUT2D eigenvalue weighted by Gasteiger charge is 2.34. The van der Waals surface area contributed by atoms with Crippen molar-refractivity contribution in [2.24, 2.45) is 0 Å². The van der Waals surface area contributed by atoms with Crippen LogP contribution in [-0.4, -0.2) is 46.4 Å². The van der Waals surface area contributed by atoms with Crippen molar-refractivity contribution in [1.82, 2.24) is 20.2 Å². The molecule has 0 saturated carbocycles. The number of aromatic nitrogens is 4. The predicted octanol–water partition coefficient (Wildman–Crippen LogP) is 2.41. The quantitative estimate of drug-likeness (QED) is 0.494. The summed E-state index contributed by atoms with van der Waals surface area (Å²) in [5.41, 5.74) is 3.87. The normalized spacial score (nSPS) is 15.6. The van der Waals surface area contributed by atoms with Gasteiger partial charge in [0.25, 0.3) is 0 Å². The molecule has 1 N–H and O–H groups in total. The van der Waals surface area contributed by atoms with E-state index in [-0.39, 0.29) is 6.04 Å². The maximum atomic E-state index is 4.52. The zero-order valence-corrected chi connectivity index (χ0v) is 18.2. The summed E-state index contributed by atoms with van der Waals surface area (Å²) in [5, 5.41) is 13.0. The maximum Gasteiger partial charge on any atom is 0.214 e. The van der Waals surface area contributed by atoms with Gasteiger partial charge in [0.1, 0.15) is 0 Å². The van der Waals surface area contributed by atoms with Gasteiger partial charge >= 0.3 is 0 Å². The number of piperazine rings is 1. The molecule has 2 heterocycles. The minimum absolute atomic E-state index is 0.125. The number of quaternary nitrogens is 1. The van der Waals surface area contributed by atoms with Gasteiger partial charge in [-0.05, 0) is 34.5 Å². The lowest BCUT2D eigenvalue weighted by atomic mass is 10.0. The zero-order valence-electron chi connectivity index (χ0n) is 18.2. The van der Waals surface area contributed by atoms with Gasteiger partial charge in [-0.1, -0.05) is 78.9 Å². The van der Waals surface area contributed by atoms with Gasteiger partial charge in [0.05, 0.1) is 26.2 Å². The van der Waals surface area contributed by atoms with Crippen molar-refractivity contribution in [1.29, 1.82) is 0 Å². The summed E-state index contributed by atoms with van der Waals surface area (Å²) in [6, 6.07) is 32.1. The summed E-state index contributed by atoms with van der Waals surface area (Å²) in [4.78, 5) is 3.99.